The summed E-state index contributed by atoms with van der Waals surface area (Å²) in [7, 11) is 1.71. The molecule has 4 heteroatoms. The second kappa shape index (κ2) is 4.53. The molecule has 1 fully saturated rings. The van der Waals surface area contributed by atoms with Crippen molar-refractivity contribution in [3.63, 3.8) is 0 Å². The van der Waals surface area contributed by atoms with Crippen molar-refractivity contribution in [3.8, 4) is 5.75 Å². The normalized spacial score (nSPS) is 23.5. The van der Waals surface area contributed by atoms with Crippen LogP contribution < -0.4 is 15.8 Å². The molecule has 0 radical (unpaired) electrons. The molecule has 0 aromatic heterocycles. The van der Waals surface area contributed by atoms with Crippen LogP contribution in [0.15, 0.2) is 18.2 Å². The minimum atomic E-state index is -0.416. The zero-order valence-corrected chi connectivity index (χ0v) is 11.2. The maximum atomic E-state index is 11.4. The van der Waals surface area contributed by atoms with Gasteiger partial charge in [-0.25, -0.2) is 0 Å². The topological polar surface area (TPSA) is 64.3 Å². The fourth-order valence-corrected chi connectivity index (χ4v) is 3.06. The summed E-state index contributed by atoms with van der Waals surface area (Å²) >= 11 is 0. The molecule has 19 heavy (non-hydrogen) atoms. The first-order valence-electron chi connectivity index (χ1n) is 6.87. The SMILES string of the molecule is COc1cccc2c1CCC(NC1(C(N)=O)CC1)C2. The van der Waals surface area contributed by atoms with Crippen molar-refractivity contribution in [2.24, 2.45) is 5.73 Å². The molecule has 0 saturated heterocycles. The Morgan fingerprint density at radius 3 is 2.89 bits per heavy atom. The number of nitrogens with two attached hydrogens (primary N) is 1. The Hall–Kier alpha value is -1.55. The van der Waals surface area contributed by atoms with Gasteiger partial charge in [0, 0.05) is 6.04 Å². The molecule has 1 amide bonds. The number of primary amides is 1. The van der Waals surface area contributed by atoms with Crippen LogP contribution in [0.25, 0.3) is 0 Å². The van der Waals surface area contributed by atoms with E-state index in [0.29, 0.717) is 6.04 Å². The van der Waals surface area contributed by atoms with Crippen molar-refractivity contribution in [2.75, 3.05) is 7.11 Å². The average molecular weight is 260 g/mol. The van der Waals surface area contributed by atoms with Gasteiger partial charge >= 0.3 is 0 Å². The van der Waals surface area contributed by atoms with Crippen LogP contribution in [0.3, 0.4) is 0 Å². The molecule has 0 bridgehead atoms. The van der Waals surface area contributed by atoms with Gasteiger partial charge in [-0.3, -0.25) is 4.79 Å². The van der Waals surface area contributed by atoms with Crippen LogP contribution >= 0.6 is 0 Å². The molecule has 2 aliphatic carbocycles. The van der Waals surface area contributed by atoms with Crippen LogP contribution in [0.2, 0.25) is 0 Å². The molecule has 1 aromatic rings. The molecule has 3 rings (SSSR count). The molecule has 102 valence electrons. The maximum absolute atomic E-state index is 11.4. The number of ether oxygens (including phenoxy) is 1. The van der Waals surface area contributed by atoms with Gasteiger partial charge in [0.25, 0.3) is 0 Å². The molecule has 0 spiro atoms. The number of hydrogen-bond donors (Lipinski definition) is 2. The summed E-state index contributed by atoms with van der Waals surface area (Å²) < 4.78 is 5.40. The molecular formula is C15H20N2O2. The average Bonchev–Trinajstić information content (AvgIpc) is 3.18. The van der Waals surface area contributed by atoms with E-state index in [2.05, 4.69) is 11.4 Å². The summed E-state index contributed by atoms with van der Waals surface area (Å²) in [5.41, 5.74) is 7.69. The Morgan fingerprint density at radius 1 is 1.47 bits per heavy atom. The van der Waals surface area contributed by atoms with Gasteiger partial charge in [0.05, 0.1) is 12.6 Å². The summed E-state index contributed by atoms with van der Waals surface area (Å²) in [5, 5.41) is 3.47. The van der Waals surface area contributed by atoms with Gasteiger partial charge in [0.15, 0.2) is 0 Å². The lowest BCUT2D eigenvalue weighted by Crippen LogP contribution is -2.50. The van der Waals surface area contributed by atoms with Crippen molar-refractivity contribution in [1.29, 1.82) is 0 Å². The van der Waals surface area contributed by atoms with Crippen LogP contribution in [0.1, 0.15) is 30.4 Å². The van der Waals surface area contributed by atoms with Gasteiger partial charge in [-0.15, -0.1) is 0 Å². The van der Waals surface area contributed by atoms with E-state index in [1.807, 2.05) is 12.1 Å². The maximum Gasteiger partial charge on any atom is 0.237 e. The lowest BCUT2D eigenvalue weighted by molar-refractivity contribution is -0.121. The highest BCUT2D eigenvalue weighted by atomic mass is 16.5. The van der Waals surface area contributed by atoms with Crippen molar-refractivity contribution in [3.05, 3.63) is 29.3 Å². The van der Waals surface area contributed by atoms with E-state index in [9.17, 15) is 4.79 Å². The van der Waals surface area contributed by atoms with Crippen LogP contribution in [-0.4, -0.2) is 24.6 Å². The fraction of sp³-hybridized carbons (Fsp3) is 0.533. The first kappa shape index (κ1) is 12.5. The molecule has 0 heterocycles. The van der Waals surface area contributed by atoms with E-state index in [1.54, 1.807) is 7.11 Å². The van der Waals surface area contributed by atoms with Crippen molar-refractivity contribution < 1.29 is 9.53 Å². The third-order valence-corrected chi connectivity index (χ3v) is 4.36. The van der Waals surface area contributed by atoms with Gasteiger partial charge in [-0.1, -0.05) is 12.1 Å². The third kappa shape index (κ3) is 2.21. The number of carbonyl (C=O) groups excluding carboxylic acids is 1. The van der Waals surface area contributed by atoms with Crippen LogP contribution in [0.5, 0.6) is 5.75 Å². The number of methoxy groups -OCH3 is 1. The molecule has 3 N–H and O–H groups in total. The van der Waals surface area contributed by atoms with Crippen molar-refractivity contribution >= 4 is 5.91 Å². The second-order valence-corrected chi connectivity index (χ2v) is 5.63. The Balaban J connectivity index is 1.74. The standard InChI is InChI=1S/C15H20N2O2/c1-19-13-4-2-3-10-9-11(5-6-12(10)13)17-15(7-8-15)14(16)18/h2-4,11,17H,5-9H2,1H3,(H2,16,18). The van der Waals surface area contributed by atoms with E-state index in [-0.39, 0.29) is 5.91 Å². The third-order valence-electron chi connectivity index (χ3n) is 4.36. The Labute approximate surface area is 113 Å². The van der Waals surface area contributed by atoms with Crippen molar-refractivity contribution in [1.82, 2.24) is 5.32 Å². The lowest BCUT2D eigenvalue weighted by atomic mass is 9.87. The number of carbonyl (C=O) groups is 1. The van der Waals surface area contributed by atoms with E-state index in [4.69, 9.17) is 10.5 Å². The number of nitrogens with one attached hydrogen (secondary N) is 1. The minimum absolute atomic E-state index is 0.205. The fourth-order valence-electron chi connectivity index (χ4n) is 3.06. The molecule has 2 aliphatic rings. The van der Waals surface area contributed by atoms with Crippen molar-refractivity contribution in [2.45, 2.75) is 43.7 Å². The summed E-state index contributed by atoms with van der Waals surface area (Å²) in [6, 6.07) is 6.53. The summed E-state index contributed by atoms with van der Waals surface area (Å²) in [6.07, 6.45) is 4.73. The first-order valence-corrected chi connectivity index (χ1v) is 6.87. The zero-order valence-electron chi connectivity index (χ0n) is 11.2. The Morgan fingerprint density at radius 2 is 2.26 bits per heavy atom. The predicted molar refractivity (Wildman–Crippen MR) is 73.1 cm³/mol. The minimum Gasteiger partial charge on any atom is -0.496 e. The largest absolute Gasteiger partial charge is 0.496 e. The second-order valence-electron chi connectivity index (χ2n) is 5.63. The molecular weight excluding hydrogens is 240 g/mol. The van der Waals surface area contributed by atoms with Gasteiger partial charge < -0.3 is 15.8 Å². The molecule has 1 aromatic carbocycles. The van der Waals surface area contributed by atoms with Gasteiger partial charge in [-0.2, -0.15) is 0 Å². The molecule has 1 saturated carbocycles. The highest BCUT2D eigenvalue weighted by Gasteiger charge is 2.49. The lowest BCUT2D eigenvalue weighted by Gasteiger charge is -2.29. The highest BCUT2D eigenvalue weighted by Crippen LogP contribution is 2.37. The molecule has 1 atom stereocenters. The number of fused-ring (bicyclic) bond motifs is 1. The number of rotatable bonds is 4. The number of hydrogen-bond acceptors (Lipinski definition) is 3. The van der Waals surface area contributed by atoms with E-state index < -0.39 is 5.54 Å². The Bertz CT molecular complexity index is 509. The van der Waals surface area contributed by atoms with Crippen LogP contribution in [0, 0.1) is 0 Å². The van der Waals surface area contributed by atoms with Crippen LogP contribution in [-0.2, 0) is 17.6 Å². The van der Waals surface area contributed by atoms with Gasteiger partial charge in [0.2, 0.25) is 5.91 Å². The molecule has 1 unspecified atom stereocenters. The van der Waals surface area contributed by atoms with Gasteiger partial charge in [0.1, 0.15) is 5.75 Å². The quantitative estimate of drug-likeness (QED) is 0.854. The smallest absolute Gasteiger partial charge is 0.237 e. The van der Waals surface area contributed by atoms with Gasteiger partial charge in [-0.05, 0) is 49.3 Å². The highest BCUT2D eigenvalue weighted by molar-refractivity contribution is 5.87. The summed E-state index contributed by atoms with van der Waals surface area (Å²) in [6.45, 7) is 0. The summed E-state index contributed by atoms with van der Waals surface area (Å²) in [4.78, 5) is 11.4. The summed E-state index contributed by atoms with van der Waals surface area (Å²) in [5.74, 6) is 0.774. The van der Waals surface area contributed by atoms with Crippen LogP contribution in [0.4, 0.5) is 0 Å². The number of amides is 1. The van der Waals surface area contributed by atoms with E-state index >= 15 is 0 Å². The van der Waals surface area contributed by atoms with E-state index in [0.717, 1.165) is 37.9 Å². The molecule has 0 aliphatic heterocycles. The number of benzene rings is 1. The monoisotopic (exact) mass is 260 g/mol. The first-order chi connectivity index (χ1) is 9.14. The Kier molecular flexibility index (Phi) is 2.97. The predicted octanol–water partition coefficient (Wildman–Crippen LogP) is 1.16. The molecule has 4 nitrogen and oxygen atoms in total. The zero-order chi connectivity index (χ0) is 13.5. The van der Waals surface area contributed by atoms with E-state index in [1.165, 1.54) is 11.1 Å².